The Morgan fingerprint density at radius 2 is 2.17 bits per heavy atom. The predicted octanol–water partition coefficient (Wildman–Crippen LogP) is 1.34. The fraction of sp³-hybridized carbons (Fsp3) is 0.750. The maximum Gasteiger partial charge on any atom is 0.224 e. The Bertz CT molecular complexity index is 221. The molecule has 12 heavy (non-hydrogen) atoms. The monoisotopic (exact) mass is 168 g/mol. The fourth-order valence-electron chi connectivity index (χ4n) is 1.12. The number of Topliss-reactive ketones (excluding diaryl/α,β-unsaturated/α-hetero) is 2. The zero-order valence-electron chi connectivity index (χ0n) is 7.04. The molecule has 1 aliphatic rings. The second-order valence-electron chi connectivity index (χ2n) is 3.24. The molecule has 66 valence electrons. The Kier molecular flexibility index (Phi) is 2.68. The second kappa shape index (κ2) is 3.56. The van der Waals surface area contributed by atoms with Crippen LogP contribution in [-0.4, -0.2) is 17.6 Å². The van der Waals surface area contributed by atoms with E-state index in [2.05, 4.69) is 5.11 Å². The van der Waals surface area contributed by atoms with Gasteiger partial charge in [0, 0.05) is 6.92 Å². The molecule has 0 aromatic carbocycles. The smallest absolute Gasteiger partial charge is 0.224 e. The van der Waals surface area contributed by atoms with Gasteiger partial charge in [-0.05, 0) is 12.3 Å². The van der Waals surface area contributed by atoms with Gasteiger partial charge in [0.15, 0.2) is 5.78 Å². The first kappa shape index (κ1) is 9.03. The van der Waals surface area contributed by atoms with Gasteiger partial charge >= 0.3 is 0 Å². The van der Waals surface area contributed by atoms with Crippen LogP contribution < -0.4 is 0 Å². The Morgan fingerprint density at radius 1 is 1.58 bits per heavy atom. The van der Waals surface area contributed by atoms with Gasteiger partial charge in [-0.3, -0.25) is 9.59 Å². The van der Waals surface area contributed by atoms with E-state index in [-0.39, 0.29) is 0 Å². The van der Waals surface area contributed by atoms with Crippen molar-refractivity contribution in [1.29, 1.82) is 5.53 Å². The van der Waals surface area contributed by atoms with E-state index in [1.807, 2.05) is 0 Å². The van der Waals surface area contributed by atoms with Crippen LogP contribution in [0.1, 0.15) is 26.2 Å². The molecule has 0 amide bonds. The van der Waals surface area contributed by atoms with Crippen molar-refractivity contribution in [3.63, 3.8) is 0 Å². The molecule has 1 saturated carbocycles. The highest BCUT2D eigenvalue weighted by atomic mass is 16.2. The molecular weight excluding hydrogens is 156 g/mol. The molecule has 0 bridgehead atoms. The van der Waals surface area contributed by atoms with Gasteiger partial charge in [0.25, 0.3) is 0 Å². The van der Waals surface area contributed by atoms with Gasteiger partial charge in [-0.1, -0.05) is 12.8 Å². The average Bonchev–Trinajstić information content (AvgIpc) is 2.82. The molecule has 0 aliphatic heterocycles. The maximum atomic E-state index is 11.1. The maximum absolute atomic E-state index is 11.1. The SMILES string of the molecule is CC(=O)C(=O)[C@H](CC1CC1)N=N. The molecule has 0 unspecified atom stereocenters. The van der Waals surface area contributed by atoms with Gasteiger partial charge in [0.05, 0.1) is 0 Å². The molecule has 0 spiro atoms. The summed E-state index contributed by atoms with van der Waals surface area (Å²) in [6.07, 6.45) is 2.80. The molecule has 1 fully saturated rings. The van der Waals surface area contributed by atoms with Gasteiger partial charge in [-0.15, -0.1) is 0 Å². The van der Waals surface area contributed by atoms with E-state index >= 15 is 0 Å². The number of hydrogen-bond donors (Lipinski definition) is 1. The zero-order chi connectivity index (χ0) is 9.14. The molecule has 4 nitrogen and oxygen atoms in total. The number of carbonyl (C=O) groups excluding carboxylic acids is 2. The van der Waals surface area contributed by atoms with E-state index in [1.54, 1.807) is 0 Å². The third-order valence-corrected chi connectivity index (χ3v) is 2.06. The first-order chi connectivity index (χ1) is 5.65. The van der Waals surface area contributed by atoms with Crippen LogP contribution in [0, 0.1) is 11.4 Å². The lowest BCUT2D eigenvalue weighted by Crippen LogP contribution is -2.25. The van der Waals surface area contributed by atoms with Crippen molar-refractivity contribution in [2.75, 3.05) is 0 Å². The molecule has 1 rings (SSSR count). The topological polar surface area (TPSA) is 70.3 Å². The van der Waals surface area contributed by atoms with Gasteiger partial charge in [-0.2, -0.15) is 5.11 Å². The van der Waals surface area contributed by atoms with E-state index < -0.39 is 17.6 Å². The van der Waals surface area contributed by atoms with Crippen molar-refractivity contribution in [1.82, 2.24) is 0 Å². The van der Waals surface area contributed by atoms with Crippen LogP contribution in [0.25, 0.3) is 0 Å². The lowest BCUT2D eigenvalue weighted by Gasteiger charge is -2.04. The first-order valence-corrected chi connectivity index (χ1v) is 4.06. The Morgan fingerprint density at radius 3 is 2.50 bits per heavy atom. The van der Waals surface area contributed by atoms with Crippen molar-refractivity contribution in [2.45, 2.75) is 32.2 Å². The van der Waals surface area contributed by atoms with Gasteiger partial charge in [0.2, 0.25) is 5.78 Å². The molecule has 0 aromatic rings. The van der Waals surface area contributed by atoms with Crippen LogP contribution >= 0.6 is 0 Å². The molecule has 1 aliphatic carbocycles. The molecular formula is C8H12N2O2. The Hall–Kier alpha value is -1.06. The van der Waals surface area contributed by atoms with Gasteiger partial charge in [-0.25, -0.2) is 5.53 Å². The third-order valence-electron chi connectivity index (χ3n) is 2.06. The molecule has 0 saturated heterocycles. The summed E-state index contributed by atoms with van der Waals surface area (Å²) in [7, 11) is 0. The predicted molar refractivity (Wildman–Crippen MR) is 42.0 cm³/mol. The van der Waals surface area contributed by atoms with E-state index in [4.69, 9.17) is 5.53 Å². The normalized spacial score (nSPS) is 18.4. The molecule has 0 heterocycles. The summed E-state index contributed by atoms with van der Waals surface area (Å²) in [6.45, 7) is 1.23. The van der Waals surface area contributed by atoms with Crippen molar-refractivity contribution in [3.05, 3.63) is 0 Å². The van der Waals surface area contributed by atoms with Crippen LogP contribution in [0.2, 0.25) is 0 Å². The highest BCUT2D eigenvalue weighted by molar-refractivity contribution is 6.38. The number of rotatable bonds is 5. The summed E-state index contributed by atoms with van der Waals surface area (Å²) >= 11 is 0. The summed E-state index contributed by atoms with van der Waals surface area (Å²) in [5.41, 5.74) is 6.76. The van der Waals surface area contributed by atoms with Crippen molar-refractivity contribution < 1.29 is 9.59 Å². The highest BCUT2D eigenvalue weighted by Crippen LogP contribution is 2.34. The minimum absolute atomic E-state index is 0.489. The number of hydrogen-bond acceptors (Lipinski definition) is 4. The largest absolute Gasteiger partial charge is 0.291 e. The minimum atomic E-state index is -0.699. The summed E-state index contributed by atoms with van der Waals surface area (Å²) in [6, 6.07) is -0.699. The van der Waals surface area contributed by atoms with Crippen molar-refractivity contribution in [2.24, 2.45) is 11.0 Å². The van der Waals surface area contributed by atoms with Gasteiger partial charge < -0.3 is 0 Å². The van der Waals surface area contributed by atoms with Gasteiger partial charge in [0.1, 0.15) is 6.04 Å². The second-order valence-corrected chi connectivity index (χ2v) is 3.24. The molecule has 1 atom stereocenters. The standard InChI is InChI=1S/C8H12N2O2/c1-5(11)8(12)7(10-9)4-6-2-3-6/h6-7,9H,2-4H2,1H3/t7-/m0/s1. The lowest BCUT2D eigenvalue weighted by atomic mass is 10.0. The van der Waals surface area contributed by atoms with Crippen molar-refractivity contribution >= 4 is 11.6 Å². The van der Waals surface area contributed by atoms with Crippen LogP contribution in [0.15, 0.2) is 5.11 Å². The number of nitrogens with one attached hydrogen (secondary N) is 1. The Labute approximate surface area is 70.8 Å². The van der Waals surface area contributed by atoms with Crippen LogP contribution in [0.5, 0.6) is 0 Å². The summed E-state index contributed by atoms with van der Waals surface area (Å²) in [5, 5.41) is 3.17. The minimum Gasteiger partial charge on any atom is -0.291 e. The van der Waals surface area contributed by atoms with Crippen LogP contribution in [0.4, 0.5) is 0 Å². The zero-order valence-corrected chi connectivity index (χ0v) is 7.04. The molecule has 0 aromatic heterocycles. The fourth-order valence-corrected chi connectivity index (χ4v) is 1.12. The van der Waals surface area contributed by atoms with Crippen LogP contribution in [0.3, 0.4) is 0 Å². The summed E-state index contributed by atoms with van der Waals surface area (Å²) < 4.78 is 0. The van der Waals surface area contributed by atoms with E-state index in [1.165, 1.54) is 6.92 Å². The summed E-state index contributed by atoms with van der Waals surface area (Å²) in [5.74, 6) is -0.485. The number of nitrogens with zero attached hydrogens (tertiary/aromatic N) is 1. The summed E-state index contributed by atoms with van der Waals surface area (Å²) in [4.78, 5) is 21.7. The van der Waals surface area contributed by atoms with E-state index in [0.717, 1.165) is 12.8 Å². The lowest BCUT2D eigenvalue weighted by molar-refractivity contribution is -0.136. The van der Waals surface area contributed by atoms with Crippen LogP contribution in [-0.2, 0) is 9.59 Å². The average molecular weight is 168 g/mol. The first-order valence-electron chi connectivity index (χ1n) is 4.06. The molecule has 1 N–H and O–H groups in total. The number of carbonyl (C=O) groups is 2. The molecule has 0 radical (unpaired) electrons. The Balaban J connectivity index is 2.47. The molecule has 4 heteroatoms. The highest BCUT2D eigenvalue weighted by Gasteiger charge is 2.30. The van der Waals surface area contributed by atoms with Crippen molar-refractivity contribution in [3.8, 4) is 0 Å². The third kappa shape index (κ3) is 2.22. The quantitative estimate of drug-likeness (QED) is 0.497. The van der Waals surface area contributed by atoms with E-state index in [9.17, 15) is 9.59 Å². The number of ketones is 2. The van der Waals surface area contributed by atoms with E-state index in [0.29, 0.717) is 12.3 Å².